The number of thioether (sulfide) groups is 1. The number of ketones is 1. The molecule has 0 spiro atoms. The molecule has 0 N–H and O–H groups in total. The van der Waals surface area contributed by atoms with E-state index < -0.39 is 0 Å². The van der Waals surface area contributed by atoms with Crippen LogP contribution in [0.2, 0.25) is 0 Å². The van der Waals surface area contributed by atoms with Gasteiger partial charge in [-0.15, -0.1) is 10.2 Å². The maximum absolute atomic E-state index is 13.0. The largest absolute Gasteiger partial charge is 0.497 e. The summed E-state index contributed by atoms with van der Waals surface area (Å²) in [5.41, 5.74) is 3.45. The Balaban J connectivity index is 1.66. The molecule has 1 aromatic heterocycles. The molecule has 0 radical (unpaired) electrons. The Bertz CT molecular complexity index is 1280. The van der Waals surface area contributed by atoms with E-state index in [1.54, 1.807) is 32.4 Å². The number of carbonyl (C=O) groups is 1. The van der Waals surface area contributed by atoms with Crippen molar-refractivity contribution in [2.24, 2.45) is 0 Å². The first-order valence-electron chi connectivity index (χ1n) is 10.6. The predicted octanol–water partition coefficient (Wildman–Crippen LogP) is 5.24. The summed E-state index contributed by atoms with van der Waals surface area (Å²) in [6, 6.07) is 20.9. The molecule has 0 atom stereocenters. The molecule has 0 saturated heterocycles. The molecule has 8 heteroatoms. The maximum atomic E-state index is 13.0. The van der Waals surface area contributed by atoms with Gasteiger partial charge in [0.05, 0.1) is 32.6 Å². The molecule has 4 rings (SSSR count). The van der Waals surface area contributed by atoms with Gasteiger partial charge in [0, 0.05) is 17.3 Å². The lowest BCUT2D eigenvalue weighted by Gasteiger charge is -2.12. The number of carbonyl (C=O) groups excluding carboxylic acids is 1. The van der Waals surface area contributed by atoms with Crippen molar-refractivity contribution in [3.8, 4) is 34.3 Å². The van der Waals surface area contributed by atoms with Gasteiger partial charge >= 0.3 is 0 Å². The molecular weight excluding hydrogens is 450 g/mol. The number of benzene rings is 3. The number of Topliss-reactive ketones (excluding diaryl/α,β-unsaturated/α-hetero) is 1. The highest BCUT2D eigenvalue weighted by Crippen LogP contribution is 2.31. The fourth-order valence-electron chi connectivity index (χ4n) is 3.45. The van der Waals surface area contributed by atoms with Gasteiger partial charge in [-0.3, -0.25) is 9.36 Å². The van der Waals surface area contributed by atoms with Gasteiger partial charge in [0.15, 0.2) is 16.8 Å². The zero-order valence-electron chi connectivity index (χ0n) is 19.4. The van der Waals surface area contributed by atoms with Crippen molar-refractivity contribution in [2.45, 2.75) is 12.1 Å². The van der Waals surface area contributed by atoms with E-state index in [4.69, 9.17) is 14.2 Å². The fourth-order valence-corrected chi connectivity index (χ4v) is 4.29. The summed E-state index contributed by atoms with van der Waals surface area (Å²) in [5.74, 6) is 2.65. The van der Waals surface area contributed by atoms with Gasteiger partial charge in [-0.1, -0.05) is 29.5 Å². The molecule has 0 aliphatic rings. The van der Waals surface area contributed by atoms with Crippen LogP contribution >= 0.6 is 11.8 Å². The lowest BCUT2D eigenvalue weighted by atomic mass is 10.1. The molecular formula is C26H25N3O4S. The molecule has 0 aliphatic heterocycles. The van der Waals surface area contributed by atoms with E-state index in [1.165, 1.54) is 18.9 Å². The number of methoxy groups -OCH3 is 3. The van der Waals surface area contributed by atoms with Crippen molar-refractivity contribution in [1.29, 1.82) is 0 Å². The normalized spacial score (nSPS) is 10.7. The van der Waals surface area contributed by atoms with Crippen molar-refractivity contribution < 1.29 is 19.0 Å². The highest BCUT2D eigenvalue weighted by Gasteiger charge is 2.19. The Morgan fingerprint density at radius 3 is 2.18 bits per heavy atom. The zero-order chi connectivity index (χ0) is 24.1. The van der Waals surface area contributed by atoms with Gasteiger partial charge in [0.2, 0.25) is 0 Å². The summed E-state index contributed by atoms with van der Waals surface area (Å²) in [5, 5.41) is 9.48. The lowest BCUT2D eigenvalue weighted by molar-refractivity contribution is 0.101. The molecule has 0 saturated carbocycles. The Morgan fingerprint density at radius 2 is 1.53 bits per heavy atom. The first-order chi connectivity index (χ1) is 16.5. The molecule has 3 aromatic carbocycles. The quantitative estimate of drug-likeness (QED) is 0.242. The third kappa shape index (κ3) is 4.92. The van der Waals surface area contributed by atoms with E-state index in [2.05, 4.69) is 10.2 Å². The summed E-state index contributed by atoms with van der Waals surface area (Å²) in [7, 11) is 4.74. The molecule has 0 fully saturated rings. The minimum absolute atomic E-state index is 0.0750. The highest BCUT2D eigenvalue weighted by atomic mass is 32.2. The van der Waals surface area contributed by atoms with Crippen LogP contribution in [-0.2, 0) is 0 Å². The smallest absolute Gasteiger partial charge is 0.196 e. The maximum Gasteiger partial charge on any atom is 0.196 e. The van der Waals surface area contributed by atoms with Crippen LogP contribution in [-0.4, -0.2) is 47.6 Å². The SMILES string of the molecule is COc1ccc(-c2nnc(SCC(=O)c3ccc(OC)cc3OC)n2-c2ccc(C)cc2)cc1. The Morgan fingerprint density at radius 1 is 0.853 bits per heavy atom. The Labute approximate surface area is 202 Å². The average Bonchev–Trinajstić information content (AvgIpc) is 3.31. The second-order valence-corrected chi connectivity index (χ2v) is 8.43. The van der Waals surface area contributed by atoms with E-state index in [1.807, 2.05) is 60.0 Å². The zero-order valence-corrected chi connectivity index (χ0v) is 20.3. The lowest BCUT2D eigenvalue weighted by Crippen LogP contribution is -2.07. The van der Waals surface area contributed by atoms with Crippen LogP contribution in [0, 0.1) is 6.92 Å². The molecule has 0 aliphatic carbocycles. The molecule has 4 aromatic rings. The van der Waals surface area contributed by atoms with Gasteiger partial charge in [-0.25, -0.2) is 0 Å². The predicted molar refractivity (Wildman–Crippen MR) is 133 cm³/mol. The first kappa shape index (κ1) is 23.4. The Kier molecular flexibility index (Phi) is 7.18. The molecule has 0 amide bonds. The van der Waals surface area contributed by atoms with E-state index in [0.29, 0.717) is 28.0 Å². The number of nitrogens with zero attached hydrogens (tertiary/aromatic N) is 3. The average molecular weight is 476 g/mol. The van der Waals surface area contributed by atoms with Crippen LogP contribution in [0.3, 0.4) is 0 Å². The van der Waals surface area contributed by atoms with E-state index in [-0.39, 0.29) is 11.5 Å². The third-order valence-electron chi connectivity index (χ3n) is 5.32. The van der Waals surface area contributed by atoms with E-state index in [0.717, 1.165) is 22.6 Å². The van der Waals surface area contributed by atoms with Crippen molar-refractivity contribution in [3.05, 3.63) is 77.9 Å². The van der Waals surface area contributed by atoms with Crippen LogP contribution in [0.1, 0.15) is 15.9 Å². The summed E-state index contributed by atoms with van der Waals surface area (Å²) in [6.07, 6.45) is 0. The van der Waals surface area contributed by atoms with E-state index in [9.17, 15) is 4.79 Å². The third-order valence-corrected chi connectivity index (χ3v) is 6.24. The molecule has 1 heterocycles. The number of ether oxygens (including phenoxy) is 3. The van der Waals surface area contributed by atoms with Crippen LogP contribution in [0.5, 0.6) is 17.2 Å². The minimum atomic E-state index is -0.0750. The fraction of sp³-hybridized carbons (Fsp3) is 0.192. The van der Waals surface area contributed by atoms with Gasteiger partial charge < -0.3 is 14.2 Å². The van der Waals surface area contributed by atoms with Gasteiger partial charge in [-0.05, 0) is 55.5 Å². The molecule has 0 unspecified atom stereocenters. The summed E-state index contributed by atoms with van der Waals surface area (Å²) >= 11 is 1.33. The molecule has 0 bridgehead atoms. The van der Waals surface area contributed by atoms with Crippen LogP contribution in [0.25, 0.3) is 17.1 Å². The second-order valence-electron chi connectivity index (χ2n) is 7.48. The Hall–Kier alpha value is -3.78. The molecule has 34 heavy (non-hydrogen) atoms. The minimum Gasteiger partial charge on any atom is -0.497 e. The molecule has 7 nitrogen and oxygen atoms in total. The van der Waals surface area contributed by atoms with Crippen molar-refractivity contribution >= 4 is 17.5 Å². The number of aryl methyl sites for hydroxylation is 1. The van der Waals surface area contributed by atoms with Crippen molar-refractivity contribution in [2.75, 3.05) is 27.1 Å². The van der Waals surface area contributed by atoms with Gasteiger partial charge in [-0.2, -0.15) is 0 Å². The monoisotopic (exact) mass is 475 g/mol. The number of aromatic nitrogens is 3. The molecule has 174 valence electrons. The van der Waals surface area contributed by atoms with E-state index >= 15 is 0 Å². The van der Waals surface area contributed by atoms with Crippen molar-refractivity contribution in [3.63, 3.8) is 0 Å². The van der Waals surface area contributed by atoms with Gasteiger partial charge in [0.1, 0.15) is 17.2 Å². The summed E-state index contributed by atoms with van der Waals surface area (Å²) in [4.78, 5) is 13.0. The van der Waals surface area contributed by atoms with Crippen molar-refractivity contribution in [1.82, 2.24) is 14.8 Å². The standard InChI is InChI=1S/C26H25N3O4S/c1-17-5-9-19(10-6-17)29-25(18-7-11-20(31-2)12-8-18)27-28-26(29)34-16-23(30)22-14-13-21(32-3)15-24(22)33-4/h5-15H,16H2,1-4H3. The summed E-state index contributed by atoms with van der Waals surface area (Å²) < 4.78 is 17.9. The number of hydrogen-bond acceptors (Lipinski definition) is 7. The number of rotatable bonds is 9. The highest BCUT2D eigenvalue weighted by molar-refractivity contribution is 7.99. The topological polar surface area (TPSA) is 75.5 Å². The van der Waals surface area contributed by atoms with Crippen LogP contribution in [0.4, 0.5) is 0 Å². The van der Waals surface area contributed by atoms with Gasteiger partial charge in [0.25, 0.3) is 0 Å². The van der Waals surface area contributed by atoms with Crippen LogP contribution in [0.15, 0.2) is 71.9 Å². The van der Waals surface area contributed by atoms with Crippen LogP contribution < -0.4 is 14.2 Å². The summed E-state index contributed by atoms with van der Waals surface area (Å²) in [6.45, 7) is 2.04. The first-order valence-corrected chi connectivity index (χ1v) is 11.6. The second kappa shape index (κ2) is 10.4. The number of hydrogen-bond donors (Lipinski definition) is 0.